The number of hydrogen-bond acceptors (Lipinski definition) is 4. The van der Waals surface area contributed by atoms with Crippen LogP contribution in [0.5, 0.6) is 11.6 Å². The van der Waals surface area contributed by atoms with E-state index in [9.17, 15) is 18.0 Å². The molecule has 5 nitrogen and oxygen atoms in total. The minimum absolute atomic E-state index is 0. The highest BCUT2D eigenvalue weighted by atomic mass is 35.5. The third kappa shape index (κ3) is 5.84. The van der Waals surface area contributed by atoms with Gasteiger partial charge in [0.25, 0.3) is 0 Å². The van der Waals surface area contributed by atoms with Crippen LogP contribution in [-0.4, -0.2) is 23.5 Å². The lowest BCUT2D eigenvalue weighted by molar-refractivity contribution is -0.137. The summed E-state index contributed by atoms with van der Waals surface area (Å²) < 4.78 is 43.1. The van der Waals surface area contributed by atoms with Crippen LogP contribution in [0.1, 0.15) is 25.3 Å². The van der Waals surface area contributed by atoms with Gasteiger partial charge in [0.1, 0.15) is 5.75 Å². The Bertz CT molecular complexity index is 783. The molecular formula is C19H21ClF3N3O2. The van der Waals surface area contributed by atoms with Crippen molar-refractivity contribution in [3.05, 3.63) is 48.2 Å². The van der Waals surface area contributed by atoms with Crippen molar-refractivity contribution in [1.82, 2.24) is 10.3 Å². The van der Waals surface area contributed by atoms with Crippen LogP contribution in [-0.2, 0) is 11.0 Å². The fraction of sp³-hybridized carbons (Fsp3) is 0.368. The zero-order valence-electron chi connectivity index (χ0n) is 15.1. The second-order valence-electron chi connectivity index (χ2n) is 6.58. The van der Waals surface area contributed by atoms with Crippen LogP contribution in [0.3, 0.4) is 0 Å². The molecule has 1 aromatic carbocycles. The Labute approximate surface area is 167 Å². The van der Waals surface area contributed by atoms with E-state index in [4.69, 9.17) is 4.74 Å². The maximum atomic E-state index is 12.6. The van der Waals surface area contributed by atoms with Gasteiger partial charge in [-0.25, -0.2) is 4.98 Å². The summed E-state index contributed by atoms with van der Waals surface area (Å²) in [6.07, 6.45) is -1.35. The van der Waals surface area contributed by atoms with E-state index in [1.54, 1.807) is 12.1 Å². The molecule has 1 aliphatic heterocycles. The average molecular weight is 416 g/mol. The Hall–Kier alpha value is -2.32. The van der Waals surface area contributed by atoms with Gasteiger partial charge in [0.15, 0.2) is 0 Å². The number of amides is 1. The third-order valence-corrected chi connectivity index (χ3v) is 4.40. The molecule has 0 spiro atoms. The summed E-state index contributed by atoms with van der Waals surface area (Å²) in [7, 11) is 0. The van der Waals surface area contributed by atoms with Gasteiger partial charge in [-0.15, -0.1) is 12.4 Å². The van der Waals surface area contributed by atoms with Crippen molar-refractivity contribution in [1.29, 1.82) is 0 Å². The quantitative estimate of drug-likeness (QED) is 0.763. The molecule has 28 heavy (non-hydrogen) atoms. The number of halogens is 4. The van der Waals surface area contributed by atoms with E-state index in [1.807, 2.05) is 6.92 Å². The summed E-state index contributed by atoms with van der Waals surface area (Å²) in [5.41, 5.74) is -0.195. The molecule has 2 heterocycles. The first kappa shape index (κ1) is 22.0. The summed E-state index contributed by atoms with van der Waals surface area (Å²) >= 11 is 0. The van der Waals surface area contributed by atoms with E-state index >= 15 is 0 Å². The van der Waals surface area contributed by atoms with Gasteiger partial charge in [0.2, 0.25) is 11.8 Å². The first-order valence-electron chi connectivity index (χ1n) is 8.66. The number of pyridine rings is 1. The second-order valence-corrected chi connectivity index (χ2v) is 6.58. The number of nitrogens with zero attached hydrogens (tertiary/aromatic N) is 1. The van der Waals surface area contributed by atoms with E-state index in [2.05, 4.69) is 15.6 Å². The highest BCUT2D eigenvalue weighted by Crippen LogP contribution is 2.31. The number of aromatic nitrogens is 1. The predicted octanol–water partition coefficient (Wildman–Crippen LogP) is 4.64. The van der Waals surface area contributed by atoms with Crippen molar-refractivity contribution in [2.75, 3.05) is 11.9 Å². The lowest BCUT2D eigenvalue weighted by Gasteiger charge is -2.27. The first-order valence-corrected chi connectivity index (χ1v) is 8.66. The normalized spacial score (nSPS) is 19.4. The topological polar surface area (TPSA) is 63.2 Å². The Kier molecular flexibility index (Phi) is 7.26. The molecule has 152 valence electrons. The molecule has 2 aromatic rings. The molecule has 0 unspecified atom stereocenters. The molecule has 1 saturated heterocycles. The van der Waals surface area contributed by atoms with Crippen LogP contribution in [0.15, 0.2) is 42.6 Å². The number of piperidine rings is 1. The molecule has 0 radical (unpaired) electrons. The van der Waals surface area contributed by atoms with Crippen molar-refractivity contribution in [3.8, 4) is 11.6 Å². The van der Waals surface area contributed by atoms with Gasteiger partial charge in [-0.05, 0) is 56.6 Å². The molecular weight excluding hydrogens is 395 g/mol. The fourth-order valence-corrected chi connectivity index (χ4v) is 2.96. The lowest BCUT2D eigenvalue weighted by Crippen LogP contribution is -2.40. The van der Waals surface area contributed by atoms with Crippen LogP contribution >= 0.6 is 12.4 Å². The van der Waals surface area contributed by atoms with E-state index in [1.165, 1.54) is 18.3 Å². The Morgan fingerprint density at radius 1 is 1.21 bits per heavy atom. The van der Waals surface area contributed by atoms with Crippen LogP contribution < -0.4 is 15.4 Å². The van der Waals surface area contributed by atoms with E-state index in [-0.39, 0.29) is 35.9 Å². The van der Waals surface area contributed by atoms with Crippen LogP contribution in [0.25, 0.3) is 0 Å². The number of nitrogens with one attached hydrogen (secondary N) is 2. The highest BCUT2D eigenvalue weighted by molar-refractivity contribution is 5.92. The van der Waals surface area contributed by atoms with Crippen LogP contribution in [0.2, 0.25) is 0 Å². The van der Waals surface area contributed by atoms with Crippen LogP contribution in [0.4, 0.5) is 18.9 Å². The number of carbonyl (C=O) groups excluding carboxylic acids is 1. The first-order chi connectivity index (χ1) is 12.8. The predicted molar refractivity (Wildman–Crippen MR) is 102 cm³/mol. The number of carbonyl (C=O) groups is 1. The third-order valence-electron chi connectivity index (χ3n) is 4.40. The number of ether oxygens (including phenoxy) is 1. The highest BCUT2D eigenvalue weighted by Gasteiger charge is 2.30. The molecule has 0 bridgehead atoms. The van der Waals surface area contributed by atoms with E-state index in [0.29, 0.717) is 11.7 Å². The summed E-state index contributed by atoms with van der Waals surface area (Å²) in [5, 5.41) is 6.14. The Morgan fingerprint density at radius 3 is 2.50 bits per heavy atom. The van der Waals surface area contributed by atoms with Gasteiger partial charge >= 0.3 is 6.18 Å². The number of hydrogen-bond donors (Lipinski definition) is 2. The van der Waals surface area contributed by atoms with E-state index < -0.39 is 11.7 Å². The molecule has 2 N–H and O–H groups in total. The molecule has 2 atom stereocenters. The van der Waals surface area contributed by atoms with Crippen molar-refractivity contribution in [3.63, 3.8) is 0 Å². The van der Waals surface area contributed by atoms with E-state index in [0.717, 1.165) is 31.5 Å². The summed E-state index contributed by atoms with van der Waals surface area (Å²) in [6.45, 7) is 2.87. The van der Waals surface area contributed by atoms with Crippen molar-refractivity contribution in [2.24, 2.45) is 5.92 Å². The second kappa shape index (κ2) is 9.25. The monoisotopic (exact) mass is 415 g/mol. The summed E-state index contributed by atoms with van der Waals surface area (Å²) in [6, 6.07) is 7.88. The van der Waals surface area contributed by atoms with Gasteiger partial charge in [-0.1, -0.05) is 0 Å². The minimum Gasteiger partial charge on any atom is -0.439 e. The number of rotatable bonds is 4. The van der Waals surface area contributed by atoms with Gasteiger partial charge in [-0.3, -0.25) is 4.79 Å². The molecule has 1 fully saturated rings. The minimum atomic E-state index is -4.39. The molecule has 0 saturated carbocycles. The zero-order valence-corrected chi connectivity index (χ0v) is 15.9. The standard InChI is InChI=1S/C19H20F3N3O2.ClH/c1-12-10-13(8-9-23-12)18(26)25-15-4-7-17(24-11-15)27-16-5-2-14(3-6-16)19(20,21)22;/h2-7,11-13,23H,8-10H2,1H3,(H,25,26);1H/t12-,13-;/m0./s1. The maximum absolute atomic E-state index is 12.6. The molecule has 9 heteroatoms. The maximum Gasteiger partial charge on any atom is 0.416 e. The Balaban J connectivity index is 0.00000280. The van der Waals surface area contributed by atoms with Gasteiger partial charge in [0, 0.05) is 18.0 Å². The molecule has 0 aliphatic carbocycles. The van der Waals surface area contributed by atoms with Crippen molar-refractivity contribution in [2.45, 2.75) is 32.0 Å². The van der Waals surface area contributed by atoms with Crippen molar-refractivity contribution >= 4 is 24.0 Å². The smallest absolute Gasteiger partial charge is 0.416 e. The molecule has 1 aromatic heterocycles. The van der Waals surface area contributed by atoms with Gasteiger partial charge in [-0.2, -0.15) is 13.2 Å². The van der Waals surface area contributed by atoms with Gasteiger partial charge < -0.3 is 15.4 Å². The SMILES string of the molecule is C[C@H]1C[C@@H](C(=O)Nc2ccc(Oc3ccc(C(F)(F)F)cc3)nc2)CCN1.Cl. The summed E-state index contributed by atoms with van der Waals surface area (Å²) in [5.74, 6) is 0.394. The molecule has 3 rings (SSSR count). The Morgan fingerprint density at radius 2 is 1.93 bits per heavy atom. The average Bonchev–Trinajstić information content (AvgIpc) is 2.63. The van der Waals surface area contributed by atoms with Crippen molar-refractivity contribution < 1.29 is 22.7 Å². The number of benzene rings is 1. The fourth-order valence-electron chi connectivity index (χ4n) is 2.96. The lowest BCUT2D eigenvalue weighted by atomic mass is 9.92. The summed E-state index contributed by atoms with van der Waals surface area (Å²) in [4.78, 5) is 16.4. The zero-order chi connectivity index (χ0) is 19.4. The van der Waals surface area contributed by atoms with Crippen LogP contribution in [0, 0.1) is 5.92 Å². The molecule has 1 amide bonds. The molecule has 1 aliphatic rings. The number of anilines is 1. The van der Waals surface area contributed by atoms with Gasteiger partial charge in [0.05, 0.1) is 17.4 Å². The number of alkyl halides is 3. The largest absolute Gasteiger partial charge is 0.439 e.